The lowest BCUT2D eigenvalue weighted by atomic mass is 10.2. The molecule has 2 fully saturated rings. The van der Waals surface area contributed by atoms with Gasteiger partial charge in [-0.2, -0.15) is 0 Å². The molecule has 1 heterocycles. The quantitative estimate of drug-likeness (QED) is 0.734. The molecule has 20 heavy (non-hydrogen) atoms. The van der Waals surface area contributed by atoms with E-state index in [9.17, 15) is 9.59 Å². The summed E-state index contributed by atoms with van der Waals surface area (Å²) in [6, 6.07) is 0. The number of hydrogen-bond acceptors (Lipinski definition) is 4. The van der Waals surface area contributed by atoms with E-state index in [0.717, 1.165) is 39.1 Å². The zero-order valence-electron chi connectivity index (χ0n) is 12.4. The Bertz CT molecular complexity index is 359. The predicted octanol–water partition coefficient (Wildman–Crippen LogP) is -0.205. The zero-order valence-corrected chi connectivity index (χ0v) is 12.4. The van der Waals surface area contributed by atoms with Gasteiger partial charge in [-0.15, -0.1) is 0 Å². The SMILES string of the molecule is CCN1CCN(C(=O)C2CC2CNC(=O)COC)CC1.[HH]. The van der Waals surface area contributed by atoms with E-state index in [1.54, 1.807) is 0 Å². The summed E-state index contributed by atoms with van der Waals surface area (Å²) in [6.45, 7) is 7.51. The largest absolute Gasteiger partial charge is 0.375 e. The van der Waals surface area contributed by atoms with E-state index in [1.165, 1.54) is 7.11 Å². The molecule has 0 spiro atoms. The second-order valence-electron chi connectivity index (χ2n) is 5.60. The fourth-order valence-corrected chi connectivity index (χ4v) is 2.72. The van der Waals surface area contributed by atoms with Gasteiger partial charge in [0.25, 0.3) is 0 Å². The topological polar surface area (TPSA) is 61.9 Å². The van der Waals surface area contributed by atoms with Crippen molar-refractivity contribution in [2.45, 2.75) is 13.3 Å². The van der Waals surface area contributed by atoms with Crippen molar-refractivity contribution in [3.63, 3.8) is 0 Å². The number of hydrogen-bond donors (Lipinski definition) is 1. The highest BCUT2D eigenvalue weighted by atomic mass is 16.5. The van der Waals surface area contributed by atoms with Crippen LogP contribution in [0.15, 0.2) is 0 Å². The molecule has 1 N–H and O–H groups in total. The molecule has 0 aromatic heterocycles. The van der Waals surface area contributed by atoms with E-state index in [0.29, 0.717) is 12.5 Å². The average Bonchev–Trinajstić information content (AvgIpc) is 3.24. The van der Waals surface area contributed by atoms with Gasteiger partial charge in [0.15, 0.2) is 0 Å². The third-order valence-corrected chi connectivity index (χ3v) is 4.21. The van der Waals surface area contributed by atoms with Crippen molar-refractivity contribution in [2.75, 3.05) is 53.0 Å². The Morgan fingerprint density at radius 3 is 2.60 bits per heavy atom. The van der Waals surface area contributed by atoms with Gasteiger partial charge >= 0.3 is 0 Å². The summed E-state index contributed by atoms with van der Waals surface area (Å²) in [5, 5.41) is 2.81. The average molecular weight is 285 g/mol. The Morgan fingerprint density at radius 1 is 1.30 bits per heavy atom. The molecule has 0 radical (unpaired) electrons. The lowest BCUT2D eigenvalue weighted by Crippen LogP contribution is -2.49. The van der Waals surface area contributed by atoms with Gasteiger partial charge in [-0.3, -0.25) is 9.59 Å². The molecule has 1 aliphatic carbocycles. The summed E-state index contributed by atoms with van der Waals surface area (Å²) in [6.07, 6.45) is 0.903. The van der Waals surface area contributed by atoms with Crippen molar-refractivity contribution in [3.8, 4) is 0 Å². The smallest absolute Gasteiger partial charge is 0.245 e. The van der Waals surface area contributed by atoms with Gasteiger partial charge < -0.3 is 19.9 Å². The van der Waals surface area contributed by atoms with Gasteiger partial charge in [0, 0.05) is 47.2 Å². The first kappa shape index (κ1) is 15.3. The maximum Gasteiger partial charge on any atom is 0.245 e. The summed E-state index contributed by atoms with van der Waals surface area (Å²) in [5.41, 5.74) is 0. The van der Waals surface area contributed by atoms with Crippen molar-refractivity contribution in [1.29, 1.82) is 0 Å². The van der Waals surface area contributed by atoms with Crippen LogP contribution in [0, 0.1) is 11.8 Å². The molecule has 2 amide bonds. The van der Waals surface area contributed by atoms with Crippen LogP contribution in [0.5, 0.6) is 0 Å². The van der Waals surface area contributed by atoms with E-state index in [1.807, 2.05) is 4.90 Å². The minimum absolute atomic E-state index is 0. The summed E-state index contributed by atoms with van der Waals surface area (Å²) in [4.78, 5) is 27.9. The maximum absolute atomic E-state index is 12.3. The molecular formula is C14H27N3O3. The van der Waals surface area contributed by atoms with Crippen molar-refractivity contribution >= 4 is 11.8 Å². The van der Waals surface area contributed by atoms with Crippen LogP contribution < -0.4 is 5.32 Å². The lowest BCUT2D eigenvalue weighted by molar-refractivity contribution is -0.134. The van der Waals surface area contributed by atoms with Gasteiger partial charge in [0.1, 0.15) is 6.61 Å². The highest BCUT2D eigenvalue weighted by molar-refractivity contribution is 5.82. The second kappa shape index (κ2) is 7.04. The Balaban J connectivity index is 0.00000220. The summed E-state index contributed by atoms with van der Waals surface area (Å²) in [7, 11) is 1.50. The van der Waals surface area contributed by atoms with Crippen LogP contribution in [0.4, 0.5) is 0 Å². The monoisotopic (exact) mass is 285 g/mol. The predicted molar refractivity (Wildman–Crippen MR) is 77.3 cm³/mol. The first-order valence-electron chi connectivity index (χ1n) is 7.42. The van der Waals surface area contributed by atoms with Gasteiger partial charge in [-0.25, -0.2) is 0 Å². The molecular weight excluding hydrogens is 258 g/mol. The molecule has 1 saturated carbocycles. The second-order valence-corrected chi connectivity index (χ2v) is 5.60. The van der Waals surface area contributed by atoms with Crippen LogP contribution in [0.1, 0.15) is 14.8 Å². The van der Waals surface area contributed by atoms with E-state index in [-0.39, 0.29) is 25.8 Å². The van der Waals surface area contributed by atoms with E-state index in [4.69, 9.17) is 4.74 Å². The molecule has 1 saturated heterocycles. The molecule has 6 nitrogen and oxygen atoms in total. The lowest BCUT2D eigenvalue weighted by Gasteiger charge is -2.34. The fourth-order valence-electron chi connectivity index (χ4n) is 2.72. The number of nitrogens with one attached hydrogen (secondary N) is 1. The van der Waals surface area contributed by atoms with Crippen molar-refractivity contribution in [3.05, 3.63) is 0 Å². The molecule has 2 atom stereocenters. The Hall–Kier alpha value is -1.14. The van der Waals surface area contributed by atoms with Gasteiger partial charge in [0.05, 0.1) is 0 Å². The minimum Gasteiger partial charge on any atom is -0.375 e. The summed E-state index contributed by atoms with van der Waals surface area (Å²) >= 11 is 0. The van der Waals surface area contributed by atoms with Crippen molar-refractivity contribution in [1.82, 2.24) is 15.1 Å². The summed E-state index contributed by atoms with van der Waals surface area (Å²) < 4.78 is 4.75. The highest BCUT2D eigenvalue weighted by Gasteiger charge is 2.45. The van der Waals surface area contributed by atoms with Crippen LogP contribution in [0.3, 0.4) is 0 Å². The van der Waals surface area contributed by atoms with E-state index in [2.05, 4.69) is 17.1 Å². The number of carbonyl (C=O) groups is 2. The van der Waals surface area contributed by atoms with Crippen LogP contribution in [-0.2, 0) is 14.3 Å². The third-order valence-electron chi connectivity index (χ3n) is 4.21. The van der Waals surface area contributed by atoms with Gasteiger partial charge in [-0.1, -0.05) is 6.92 Å². The molecule has 116 valence electrons. The van der Waals surface area contributed by atoms with E-state index >= 15 is 0 Å². The van der Waals surface area contributed by atoms with Gasteiger partial charge in [0.2, 0.25) is 11.8 Å². The number of nitrogens with zero attached hydrogens (tertiary/aromatic N) is 2. The number of methoxy groups -OCH3 is 1. The summed E-state index contributed by atoms with van der Waals surface area (Å²) in [5.74, 6) is 0.590. The van der Waals surface area contributed by atoms with Crippen LogP contribution in [0.2, 0.25) is 0 Å². The first-order chi connectivity index (χ1) is 9.65. The normalized spacial score (nSPS) is 26.4. The molecule has 2 unspecified atom stereocenters. The Labute approximate surface area is 121 Å². The highest BCUT2D eigenvalue weighted by Crippen LogP contribution is 2.39. The molecule has 0 aromatic rings. The fraction of sp³-hybridized carbons (Fsp3) is 0.857. The number of ether oxygens (including phenoxy) is 1. The molecule has 6 heteroatoms. The Kier molecular flexibility index (Phi) is 5.37. The first-order valence-corrected chi connectivity index (χ1v) is 7.42. The molecule has 1 aliphatic heterocycles. The molecule has 0 aromatic carbocycles. The molecule has 2 rings (SSSR count). The number of carbonyl (C=O) groups excluding carboxylic acids is 2. The minimum atomic E-state index is -0.109. The standard InChI is InChI=1S/C14H25N3O3.H2/c1-3-16-4-6-17(7-5-16)14(19)12-8-11(12)9-15-13(18)10-20-2;/h11-12H,3-10H2,1-2H3,(H,15,18);1H. The van der Waals surface area contributed by atoms with E-state index < -0.39 is 0 Å². The van der Waals surface area contributed by atoms with Gasteiger partial charge in [-0.05, 0) is 18.9 Å². The molecule has 2 aliphatic rings. The number of piperazine rings is 1. The van der Waals surface area contributed by atoms with Crippen molar-refractivity contribution < 1.29 is 15.8 Å². The van der Waals surface area contributed by atoms with Crippen LogP contribution in [-0.4, -0.2) is 74.6 Å². The van der Waals surface area contributed by atoms with Crippen molar-refractivity contribution in [2.24, 2.45) is 11.8 Å². The number of likely N-dealkylation sites (N-methyl/N-ethyl adjacent to an activating group) is 1. The van der Waals surface area contributed by atoms with Crippen LogP contribution in [0.25, 0.3) is 0 Å². The number of amides is 2. The maximum atomic E-state index is 12.3. The van der Waals surface area contributed by atoms with Crippen LogP contribution >= 0.6 is 0 Å². The zero-order chi connectivity index (χ0) is 14.5. The Morgan fingerprint density at radius 2 is 2.00 bits per heavy atom. The third kappa shape index (κ3) is 3.93. The number of rotatable bonds is 6. The molecule has 0 bridgehead atoms.